The first kappa shape index (κ1) is 34.2. The summed E-state index contributed by atoms with van der Waals surface area (Å²) in [4.78, 5) is 13.4. The zero-order valence-electron chi connectivity index (χ0n) is 24.5. The summed E-state index contributed by atoms with van der Waals surface area (Å²) in [6, 6.07) is 13.0. The molecule has 2 N–H and O–H groups in total. The van der Waals surface area contributed by atoms with Gasteiger partial charge in [0.2, 0.25) is 0 Å². The standard InChI is InChI=1S/C31H29F6N7O2/c1-42(10-12-43(18-22(45)16-38)28-6-8-40-26-14-20(30(32,33)34)2-4-24(26)28)11-13-44(19-23(46)17-39)29-7-9-41-27-15-21(31(35,36)37)3-5-25(27)29/h2-9,14-15,22-23,45-46H,10-13,18-19H2,1H3. The van der Waals surface area contributed by atoms with E-state index in [1.54, 1.807) is 41.1 Å². The van der Waals surface area contributed by atoms with Gasteiger partial charge in [0.1, 0.15) is 0 Å². The molecule has 0 fully saturated rings. The third-order valence-corrected chi connectivity index (χ3v) is 7.36. The molecule has 15 heteroatoms. The van der Waals surface area contributed by atoms with E-state index in [1.165, 1.54) is 24.5 Å². The molecule has 0 radical (unpaired) electrons. The molecule has 0 saturated heterocycles. The minimum atomic E-state index is -4.56. The van der Waals surface area contributed by atoms with Crippen molar-refractivity contribution >= 4 is 33.2 Å². The molecule has 0 aliphatic heterocycles. The van der Waals surface area contributed by atoms with E-state index in [0.29, 0.717) is 35.2 Å². The fourth-order valence-electron chi connectivity index (χ4n) is 4.98. The SMILES string of the molecule is CN(CCN(CC(O)C#N)c1ccnc2cc(C(F)(F)F)ccc12)CCN(CC(O)C#N)c1ccnc2cc(C(F)(F)F)ccc12. The van der Waals surface area contributed by atoms with Crippen molar-refractivity contribution in [3.63, 3.8) is 0 Å². The van der Waals surface area contributed by atoms with Crippen molar-refractivity contribution in [1.29, 1.82) is 10.5 Å². The highest BCUT2D eigenvalue weighted by molar-refractivity contribution is 5.93. The van der Waals surface area contributed by atoms with E-state index >= 15 is 0 Å². The Bertz CT molecular complexity index is 1630. The summed E-state index contributed by atoms with van der Waals surface area (Å²) in [6.45, 7) is 0.928. The number of nitrogens with zero attached hydrogens (tertiary/aromatic N) is 7. The van der Waals surface area contributed by atoms with Gasteiger partial charge >= 0.3 is 12.4 Å². The summed E-state index contributed by atoms with van der Waals surface area (Å²) < 4.78 is 79.7. The summed E-state index contributed by atoms with van der Waals surface area (Å²) in [5, 5.41) is 39.5. The molecule has 0 aliphatic carbocycles. The average molecular weight is 646 g/mol. The number of pyridine rings is 2. The molecule has 9 nitrogen and oxygen atoms in total. The number of likely N-dealkylation sites (N-methyl/N-ethyl adjacent to an activating group) is 1. The predicted molar refractivity (Wildman–Crippen MR) is 159 cm³/mol. The lowest BCUT2D eigenvalue weighted by Gasteiger charge is -2.31. The van der Waals surface area contributed by atoms with E-state index in [4.69, 9.17) is 0 Å². The van der Waals surface area contributed by atoms with Gasteiger partial charge in [-0.05, 0) is 43.4 Å². The number of halogens is 6. The van der Waals surface area contributed by atoms with E-state index in [-0.39, 0.29) is 37.2 Å². The Morgan fingerprint density at radius 3 is 1.41 bits per heavy atom. The smallest absolute Gasteiger partial charge is 0.376 e. The zero-order chi connectivity index (χ0) is 33.6. The Labute approximate surface area is 260 Å². The molecule has 2 aromatic carbocycles. The van der Waals surface area contributed by atoms with E-state index < -0.39 is 35.7 Å². The van der Waals surface area contributed by atoms with Crippen LogP contribution in [0.4, 0.5) is 37.7 Å². The first-order valence-corrected chi connectivity index (χ1v) is 14.0. The summed E-state index contributed by atoms with van der Waals surface area (Å²) in [5.41, 5.74) is -0.585. The first-order valence-electron chi connectivity index (χ1n) is 14.0. The molecule has 0 amide bonds. The highest BCUT2D eigenvalue weighted by atomic mass is 19.4. The third kappa shape index (κ3) is 8.31. The fourth-order valence-corrected chi connectivity index (χ4v) is 4.98. The molecule has 0 saturated carbocycles. The van der Waals surface area contributed by atoms with Crippen LogP contribution in [0.3, 0.4) is 0 Å². The predicted octanol–water partition coefficient (Wildman–Crippen LogP) is 4.83. The molecule has 4 aromatic rings. The molecule has 2 unspecified atom stereocenters. The molecule has 2 atom stereocenters. The van der Waals surface area contributed by atoms with Crippen LogP contribution in [0.25, 0.3) is 21.8 Å². The van der Waals surface area contributed by atoms with Gasteiger partial charge in [0.25, 0.3) is 0 Å². The summed E-state index contributed by atoms with van der Waals surface area (Å²) in [5.74, 6) is 0. The number of aliphatic hydroxyl groups excluding tert-OH is 2. The van der Waals surface area contributed by atoms with Gasteiger partial charge in [0.05, 0.1) is 47.4 Å². The maximum atomic E-state index is 13.3. The molecule has 4 rings (SSSR count). The summed E-state index contributed by atoms with van der Waals surface area (Å²) >= 11 is 0. The van der Waals surface area contributed by atoms with Gasteiger partial charge in [-0.3, -0.25) is 9.97 Å². The highest BCUT2D eigenvalue weighted by Crippen LogP contribution is 2.35. The lowest BCUT2D eigenvalue weighted by Crippen LogP contribution is -2.41. The second kappa shape index (κ2) is 14.2. The van der Waals surface area contributed by atoms with E-state index in [0.717, 1.165) is 24.3 Å². The number of hydrogen-bond donors (Lipinski definition) is 2. The van der Waals surface area contributed by atoms with Gasteiger partial charge in [-0.1, -0.05) is 12.1 Å². The van der Waals surface area contributed by atoms with Crippen molar-refractivity contribution in [3.05, 3.63) is 72.1 Å². The Kier molecular flexibility index (Phi) is 10.5. The molecule has 0 spiro atoms. The van der Waals surface area contributed by atoms with Crippen LogP contribution in [0.1, 0.15) is 11.1 Å². The minimum absolute atomic E-state index is 0.0933. The Hall–Kier alpha value is -4.70. The van der Waals surface area contributed by atoms with Crippen molar-refractivity contribution in [3.8, 4) is 12.1 Å². The van der Waals surface area contributed by atoms with Crippen molar-refractivity contribution in [1.82, 2.24) is 14.9 Å². The Balaban J connectivity index is 1.54. The monoisotopic (exact) mass is 645 g/mol. The van der Waals surface area contributed by atoms with Crippen LogP contribution in [0.15, 0.2) is 60.9 Å². The van der Waals surface area contributed by atoms with Crippen LogP contribution < -0.4 is 9.80 Å². The quantitative estimate of drug-likeness (QED) is 0.165. The molecule has 0 bridgehead atoms. The van der Waals surface area contributed by atoms with Crippen LogP contribution >= 0.6 is 0 Å². The van der Waals surface area contributed by atoms with Crippen LogP contribution in [-0.2, 0) is 12.4 Å². The van der Waals surface area contributed by atoms with Crippen molar-refractivity contribution in [2.24, 2.45) is 0 Å². The van der Waals surface area contributed by atoms with E-state index in [1.807, 2.05) is 4.90 Å². The molecular formula is C31H29F6N7O2. The Morgan fingerprint density at radius 1 is 0.674 bits per heavy atom. The number of fused-ring (bicyclic) bond motifs is 2. The fraction of sp³-hybridized carbons (Fsp3) is 0.355. The van der Waals surface area contributed by atoms with Gasteiger partial charge in [-0.15, -0.1) is 0 Å². The van der Waals surface area contributed by atoms with Crippen molar-refractivity contribution < 1.29 is 36.6 Å². The van der Waals surface area contributed by atoms with Gasteiger partial charge in [0, 0.05) is 60.7 Å². The normalized spacial score (nSPS) is 13.4. The summed E-state index contributed by atoms with van der Waals surface area (Å²) in [7, 11) is 1.78. The number of hydrogen-bond acceptors (Lipinski definition) is 9. The van der Waals surface area contributed by atoms with Crippen LogP contribution in [-0.4, -0.2) is 83.6 Å². The number of aliphatic hydroxyl groups is 2. The molecule has 46 heavy (non-hydrogen) atoms. The second-order valence-corrected chi connectivity index (χ2v) is 10.6. The average Bonchev–Trinajstić information content (AvgIpc) is 3.02. The lowest BCUT2D eigenvalue weighted by molar-refractivity contribution is -0.138. The van der Waals surface area contributed by atoms with Gasteiger partial charge in [-0.25, -0.2) is 0 Å². The van der Waals surface area contributed by atoms with E-state index in [9.17, 15) is 47.1 Å². The van der Waals surface area contributed by atoms with Gasteiger partial charge in [-0.2, -0.15) is 36.9 Å². The molecular weight excluding hydrogens is 616 g/mol. The van der Waals surface area contributed by atoms with Crippen LogP contribution in [0.2, 0.25) is 0 Å². The van der Waals surface area contributed by atoms with Crippen molar-refractivity contribution in [2.45, 2.75) is 24.6 Å². The molecule has 2 aromatic heterocycles. The zero-order valence-corrected chi connectivity index (χ0v) is 24.5. The Morgan fingerprint density at radius 2 is 1.07 bits per heavy atom. The maximum absolute atomic E-state index is 13.3. The second-order valence-electron chi connectivity index (χ2n) is 10.6. The van der Waals surface area contributed by atoms with Crippen LogP contribution in [0.5, 0.6) is 0 Å². The minimum Gasteiger partial charge on any atom is -0.376 e. The highest BCUT2D eigenvalue weighted by Gasteiger charge is 2.32. The van der Waals surface area contributed by atoms with Gasteiger partial charge < -0.3 is 24.9 Å². The van der Waals surface area contributed by atoms with Crippen molar-refractivity contribution in [2.75, 3.05) is 56.1 Å². The third-order valence-electron chi connectivity index (χ3n) is 7.36. The number of rotatable bonds is 12. The lowest BCUT2D eigenvalue weighted by atomic mass is 10.1. The largest absolute Gasteiger partial charge is 0.416 e. The number of anilines is 2. The number of benzene rings is 2. The van der Waals surface area contributed by atoms with Gasteiger partial charge in [0.15, 0.2) is 12.2 Å². The number of nitriles is 2. The number of aromatic nitrogens is 2. The number of alkyl halides is 6. The van der Waals surface area contributed by atoms with Crippen LogP contribution in [0, 0.1) is 22.7 Å². The molecule has 0 aliphatic rings. The maximum Gasteiger partial charge on any atom is 0.416 e. The summed E-state index contributed by atoms with van der Waals surface area (Å²) in [6.07, 6.45) is -9.19. The molecule has 242 valence electrons. The molecule has 2 heterocycles. The van der Waals surface area contributed by atoms with E-state index in [2.05, 4.69) is 9.97 Å². The topological polar surface area (TPSA) is 124 Å². The first-order chi connectivity index (χ1) is 21.7.